The molecule has 1 atom stereocenters. The molecule has 16 heavy (non-hydrogen) atoms. The molecule has 0 heterocycles. The second-order valence-corrected chi connectivity index (χ2v) is 5.23. The highest BCUT2D eigenvalue weighted by molar-refractivity contribution is 6.30. The maximum atomic E-state index is 6.06. The van der Waals surface area contributed by atoms with Crippen LogP contribution in [-0.2, 0) is 6.42 Å². The summed E-state index contributed by atoms with van der Waals surface area (Å²) in [5.74, 6) is 0. The zero-order valence-electron chi connectivity index (χ0n) is 9.91. The Hall–Kier alpha value is -0.730. The summed E-state index contributed by atoms with van der Waals surface area (Å²) < 4.78 is 0. The van der Waals surface area contributed by atoms with Crippen LogP contribution in [0.1, 0.15) is 25.3 Å². The number of anilines is 1. The zero-order chi connectivity index (χ0) is 11.7. The Balaban J connectivity index is 2.27. The van der Waals surface area contributed by atoms with Gasteiger partial charge >= 0.3 is 0 Å². The quantitative estimate of drug-likeness (QED) is 0.874. The van der Waals surface area contributed by atoms with Gasteiger partial charge in [-0.15, -0.1) is 0 Å². The molecule has 88 valence electrons. The van der Waals surface area contributed by atoms with Crippen LogP contribution in [0.2, 0.25) is 5.02 Å². The lowest BCUT2D eigenvalue weighted by atomic mass is 10.0. The molecule has 0 saturated heterocycles. The predicted molar refractivity (Wildman–Crippen MR) is 70.2 cm³/mol. The van der Waals surface area contributed by atoms with Gasteiger partial charge in [0.2, 0.25) is 0 Å². The van der Waals surface area contributed by atoms with Crippen LogP contribution in [0.25, 0.3) is 0 Å². The molecule has 1 saturated carbocycles. The van der Waals surface area contributed by atoms with Crippen LogP contribution in [0.15, 0.2) is 18.2 Å². The summed E-state index contributed by atoms with van der Waals surface area (Å²) >= 11 is 6.06. The number of rotatable bonds is 4. The van der Waals surface area contributed by atoms with E-state index in [1.807, 2.05) is 13.0 Å². The number of benzene rings is 1. The number of halogens is 1. The minimum atomic E-state index is 0.188. The van der Waals surface area contributed by atoms with E-state index in [9.17, 15) is 0 Å². The fourth-order valence-corrected chi connectivity index (χ4v) is 2.21. The summed E-state index contributed by atoms with van der Waals surface area (Å²) in [7, 11) is 2.15. The van der Waals surface area contributed by atoms with Crippen molar-refractivity contribution in [2.45, 2.75) is 38.3 Å². The summed E-state index contributed by atoms with van der Waals surface area (Å²) in [6.07, 6.45) is 3.49. The fraction of sp³-hybridized carbons (Fsp3) is 0.538. The largest absolute Gasteiger partial charge is 0.371 e. The summed E-state index contributed by atoms with van der Waals surface area (Å²) in [5.41, 5.74) is 8.41. The van der Waals surface area contributed by atoms with Gasteiger partial charge in [-0.2, -0.15) is 0 Å². The molecule has 2 N–H and O–H groups in total. The number of hydrogen-bond donors (Lipinski definition) is 1. The first-order chi connectivity index (χ1) is 7.58. The van der Waals surface area contributed by atoms with E-state index >= 15 is 0 Å². The van der Waals surface area contributed by atoms with Gasteiger partial charge in [0.25, 0.3) is 0 Å². The Kier molecular flexibility index (Phi) is 3.41. The number of nitrogens with two attached hydrogens (primary N) is 1. The van der Waals surface area contributed by atoms with Crippen molar-refractivity contribution in [3.8, 4) is 0 Å². The first kappa shape index (κ1) is 11.7. The van der Waals surface area contributed by atoms with Crippen molar-refractivity contribution in [3.05, 3.63) is 28.8 Å². The van der Waals surface area contributed by atoms with Gasteiger partial charge in [-0.3, -0.25) is 0 Å². The van der Waals surface area contributed by atoms with Crippen molar-refractivity contribution in [3.63, 3.8) is 0 Å². The highest BCUT2D eigenvalue weighted by atomic mass is 35.5. The highest BCUT2D eigenvalue weighted by Gasteiger charge is 2.27. The summed E-state index contributed by atoms with van der Waals surface area (Å²) in [5, 5.41) is 0.802. The highest BCUT2D eigenvalue weighted by Crippen LogP contribution is 2.34. The van der Waals surface area contributed by atoms with E-state index in [2.05, 4.69) is 24.1 Å². The number of hydrogen-bond acceptors (Lipinski definition) is 2. The van der Waals surface area contributed by atoms with E-state index in [0.717, 1.165) is 11.4 Å². The molecular weight excluding hydrogens is 220 g/mol. The maximum absolute atomic E-state index is 6.06. The molecule has 1 aliphatic carbocycles. The van der Waals surface area contributed by atoms with Crippen molar-refractivity contribution in [2.75, 3.05) is 11.9 Å². The zero-order valence-corrected chi connectivity index (χ0v) is 10.7. The third-order valence-corrected chi connectivity index (χ3v) is 3.30. The SMILES string of the molecule is CC(N)Cc1ccc(Cl)cc1N(C)C1CC1. The van der Waals surface area contributed by atoms with Crippen molar-refractivity contribution in [1.82, 2.24) is 0 Å². The lowest BCUT2D eigenvalue weighted by Gasteiger charge is -2.23. The minimum absolute atomic E-state index is 0.188. The van der Waals surface area contributed by atoms with E-state index in [1.165, 1.54) is 24.1 Å². The van der Waals surface area contributed by atoms with E-state index in [4.69, 9.17) is 17.3 Å². The first-order valence-corrected chi connectivity index (χ1v) is 6.22. The molecule has 0 aliphatic heterocycles. The van der Waals surface area contributed by atoms with Crippen molar-refractivity contribution in [2.24, 2.45) is 5.73 Å². The Morgan fingerprint density at radius 3 is 2.75 bits per heavy atom. The maximum Gasteiger partial charge on any atom is 0.0426 e. The lowest BCUT2D eigenvalue weighted by molar-refractivity contribution is 0.734. The van der Waals surface area contributed by atoms with Crippen molar-refractivity contribution in [1.29, 1.82) is 0 Å². The molecule has 0 bridgehead atoms. The molecule has 3 heteroatoms. The Bertz CT molecular complexity index is 372. The molecule has 0 spiro atoms. The summed E-state index contributed by atoms with van der Waals surface area (Å²) in [6.45, 7) is 2.04. The molecule has 1 aliphatic rings. The monoisotopic (exact) mass is 238 g/mol. The molecule has 2 nitrogen and oxygen atoms in total. The Morgan fingerprint density at radius 1 is 1.50 bits per heavy atom. The average Bonchev–Trinajstić information content (AvgIpc) is 3.02. The van der Waals surface area contributed by atoms with E-state index in [-0.39, 0.29) is 6.04 Å². The molecule has 1 aromatic carbocycles. The van der Waals surface area contributed by atoms with Crippen molar-refractivity contribution < 1.29 is 0 Å². The average molecular weight is 239 g/mol. The van der Waals surface area contributed by atoms with Crippen LogP contribution in [0.5, 0.6) is 0 Å². The van der Waals surface area contributed by atoms with Gasteiger partial charge in [-0.1, -0.05) is 17.7 Å². The third-order valence-electron chi connectivity index (χ3n) is 3.06. The standard InChI is InChI=1S/C13H19ClN2/c1-9(15)7-10-3-4-11(14)8-13(10)16(2)12-5-6-12/h3-4,8-9,12H,5-7,15H2,1-2H3. The van der Waals surface area contributed by atoms with Gasteiger partial charge < -0.3 is 10.6 Å². The van der Waals surface area contributed by atoms with E-state index in [0.29, 0.717) is 6.04 Å². The topological polar surface area (TPSA) is 29.3 Å². The minimum Gasteiger partial charge on any atom is -0.371 e. The van der Waals surface area contributed by atoms with Gasteiger partial charge in [0.15, 0.2) is 0 Å². The fourth-order valence-electron chi connectivity index (χ4n) is 2.04. The van der Waals surface area contributed by atoms with Gasteiger partial charge in [-0.25, -0.2) is 0 Å². The van der Waals surface area contributed by atoms with Gasteiger partial charge in [0, 0.05) is 29.8 Å². The van der Waals surface area contributed by atoms with Crippen LogP contribution in [0.3, 0.4) is 0 Å². The summed E-state index contributed by atoms with van der Waals surface area (Å²) in [6, 6.07) is 6.99. The lowest BCUT2D eigenvalue weighted by Crippen LogP contribution is -2.24. The van der Waals surface area contributed by atoms with Crippen LogP contribution < -0.4 is 10.6 Å². The molecule has 1 fully saturated rings. The number of nitrogens with zero attached hydrogens (tertiary/aromatic N) is 1. The first-order valence-electron chi connectivity index (χ1n) is 5.85. The second-order valence-electron chi connectivity index (χ2n) is 4.80. The van der Waals surface area contributed by atoms with Crippen LogP contribution in [0.4, 0.5) is 5.69 Å². The molecule has 0 amide bonds. The van der Waals surface area contributed by atoms with Crippen LogP contribution >= 0.6 is 11.6 Å². The molecule has 0 aromatic heterocycles. The second kappa shape index (κ2) is 4.64. The predicted octanol–water partition coefficient (Wildman–Crippen LogP) is 2.83. The van der Waals surface area contributed by atoms with Crippen molar-refractivity contribution >= 4 is 17.3 Å². The Labute approximate surface area is 102 Å². The molecule has 1 unspecified atom stereocenters. The third kappa shape index (κ3) is 2.69. The summed E-state index contributed by atoms with van der Waals surface area (Å²) in [4.78, 5) is 2.34. The smallest absolute Gasteiger partial charge is 0.0426 e. The van der Waals surface area contributed by atoms with Crippen LogP contribution in [-0.4, -0.2) is 19.1 Å². The van der Waals surface area contributed by atoms with Gasteiger partial charge in [0.05, 0.1) is 0 Å². The molecular formula is C13H19ClN2. The van der Waals surface area contributed by atoms with E-state index in [1.54, 1.807) is 0 Å². The van der Waals surface area contributed by atoms with Gasteiger partial charge in [-0.05, 0) is 43.9 Å². The van der Waals surface area contributed by atoms with Crippen LogP contribution in [0, 0.1) is 0 Å². The molecule has 1 aromatic rings. The Morgan fingerprint density at radius 2 is 2.19 bits per heavy atom. The molecule has 0 radical (unpaired) electrons. The van der Waals surface area contributed by atoms with Gasteiger partial charge in [0.1, 0.15) is 0 Å². The van der Waals surface area contributed by atoms with E-state index < -0.39 is 0 Å². The normalized spacial score (nSPS) is 17.2. The molecule has 2 rings (SSSR count).